The summed E-state index contributed by atoms with van der Waals surface area (Å²) in [6, 6.07) is 8.57. The fourth-order valence-electron chi connectivity index (χ4n) is 3.13. The second kappa shape index (κ2) is 9.56. The molecule has 1 aromatic rings. The van der Waals surface area contributed by atoms with Crippen LogP contribution in [0.2, 0.25) is 0 Å². The fourth-order valence-corrected chi connectivity index (χ4v) is 3.13. The van der Waals surface area contributed by atoms with Crippen molar-refractivity contribution in [3.8, 4) is 5.75 Å². The van der Waals surface area contributed by atoms with Crippen molar-refractivity contribution in [3.63, 3.8) is 0 Å². The number of carbonyl (C=O) groups is 1. The van der Waals surface area contributed by atoms with E-state index in [-0.39, 0.29) is 12.5 Å². The highest BCUT2D eigenvalue weighted by atomic mass is 16.5. The summed E-state index contributed by atoms with van der Waals surface area (Å²) in [4.78, 5) is 14.4. The molecule has 0 spiro atoms. The molecular formula is C19H30N2O2. The SMILES string of the molecule is CCc1ccccc1OCC(=O)NCCCN1CCCCC1C. The van der Waals surface area contributed by atoms with E-state index < -0.39 is 0 Å². The number of hydrogen-bond donors (Lipinski definition) is 1. The molecule has 1 aliphatic heterocycles. The normalized spacial score (nSPS) is 18.6. The molecule has 1 heterocycles. The smallest absolute Gasteiger partial charge is 0.257 e. The van der Waals surface area contributed by atoms with E-state index in [2.05, 4.69) is 24.1 Å². The van der Waals surface area contributed by atoms with E-state index >= 15 is 0 Å². The van der Waals surface area contributed by atoms with Gasteiger partial charge in [-0.2, -0.15) is 0 Å². The van der Waals surface area contributed by atoms with E-state index in [1.807, 2.05) is 24.3 Å². The maximum Gasteiger partial charge on any atom is 0.257 e. The van der Waals surface area contributed by atoms with Crippen LogP contribution in [0.5, 0.6) is 5.75 Å². The van der Waals surface area contributed by atoms with Gasteiger partial charge in [0.15, 0.2) is 6.61 Å². The van der Waals surface area contributed by atoms with Crippen LogP contribution in [-0.4, -0.2) is 43.1 Å². The zero-order chi connectivity index (χ0) is 16.5. The molecule has 1 atom stereocenters. The van der Waals surface area contributed by atoms with Crippen LogP contribution in [0.3, 0.4) is 0 Å². The van der Waals surface area contributed by atoms with E-state index in [0.717, 1.165) is 37.2 Å². The number of nitrogens with one attached hydrogen (secondary N) is 1. The molecule has 128 valence electrons. The van der Waals surface area contributed by atoms with E-state index in [0.29, 0.717) is 6.04 Å². The van der Waals surface area contributed by atoms with Crippen molar-refractivity contribution < 1.29 is 9.53 Å². The van der Waals surface area contributed by atoms with Crippen LogP contribution < -0.4 is 10.1 Å². The third-order valence-electron chi connectivity index (χ3n) is 4.60. The standard InChI is InChI=1S/C19H30N2O2/c1-3-17-10-4-5-11-18(17)23-15-19(22)20-12-8-14-21-13-7-6-9-16(21)2/h4-5,10-11,16H,3,6-9,12-15H2,1-2H3,(H,20,22). The van der Waals surface area contributed by atoms with Crippen molar-refractivity contribution in [3.05, 3.63) is 29.8 Å². The Bertz CT molecular complexity index is 490. The van der Waals surface area contributed by atoms with Gasteiger partial charge in [-0.1, -0.05) is 31.5 Å². The van der Waals surface area contributed by atoms with Gasteiger partial charge >= 0.3 is 0 Å². The van der Waals surface area contributed by atoms with Crippen LogP contribution in [0.1, 0.15) is 45.1 Å². The van der Waals surface area contributed by atoms with E-state index in [1.165, 1.54) is 25.8 Å². The molecule has 0 saturated carbocycles. The molecule has 1 saturated heterocycles. The average Bonchev–Trinajstić information content (AvgIpc) is 2.58. The summed E-state index contributed by atoms with van der Waals surface area (Å²) >= 11 is 0. The van der Waals surface area contributed by atoms with Gasteiger partial charge in [0.1, 0.15) is 5.75 Å². The molecule has 4 heteroatoms. The lowest BCUT2D eigenvalue weighted by atomic mass is 10.0. The summed E-state index contributed by atoms with van der Waals surface area (Å²) in [7, 11) is 0. The summed E-state index contributed by atoms with van der Waals surface area (Å²) in [6.45, 7) is 7.48. The zero-order valence-electron chi connectivity index (χ0n) is 14.5. The van der Waals surface area contributed by atoms with Crippen LogP contribution in [0.4, 0.5) is 0 Å². The topological polar surface area (TPSA) is 41.6 Å². The lowest BCUT2D eigenvalue weighted by Crippen LogP contribution is -2.39. The minimum absolute atomic E-state index is 0.0393. The highest BCUT2D eigenvalue weighted by molar-refractivity contribution is 5.77. The lowest BCUT2D eigenvalue weighted by Gasteiger charge is -2.33. The second-order valence-electron chi connectivity index (χ2n) is 6.33. The number of carbonyl (C=O) groups excluding carboxylic acids is 1. The largest absolute Gasteiger partial charge is 0.483 e. The summed E-state index contributed by atoms with van der Waals surface area (Å²) in [5.74, 6) is 0.773. The monoisotopic (exact) mass is 318 g/mol. The van der Waals surface area contributed by atoms with Crippen molar-refractivity contribution in [2.45, 2.75) is 52.0 Å². The predicted octanol–water partition coefficient (Wildman–Crippen LogP) is 3.01. The lowest BCUT2D eigenvalue weighted by molar-refractivity contribution is -0.123. The van der Waals surface area contributed by atoms with Crippen LogP contribution in [0.15, 0.2) is 24.3 Å². The Labute approximate surface area is 140 Å². The minimum Gasteiger partial charge on any atom is -0.483 e. The number of piperidine rings is 1. The first kappa shape index (κ1) is 17.8. The molecule has 0 aliphatic carbocycles. The first-order valence-electron chi connectivity index (χ1n) is 8.92. The molecule has 1 N–H and O–H groups in total. The van der Waals surface area contributed by atoms with Gasteiger partial charge in [-0.25, -0.2) is 0 Å². The van der Waals surface area contributed by atoms with E-state index in [9.17, 15) is 4.79 Å². The van der Waals surface area contributed by atoms with Crippen molar-refractivity contribution in [2.24, 2.45) is 0 Å². The summed E-state index contributed by atoms with van der Waals surface area (Å²) in [6.07, 6.45) is 5.87. The summed E-state index contributed by atoms with van der Waals surface area (Å²) in [5, 5.41) is 2.95. The molecule has 2 rings (SSSR count). The van der Waals surface area contributed by atoms with Crippen molar-refractivity contribution >= 4 is 5.91 Å². The molecule has 23 heavy (non-hydrogen) atoms. The van der Waals surface area contributed by atoms with Crippen molar-refractivity contribution in [2.75, 3.05) is 26.2 Å². The number of rotatable bonds is 8. The van der Waals surface area contributed by atoms with Crippen LogP contribution in [0.25, 0.3) is 0 Å². The quantitative estimate of drug-likeness (QED) is 0.749. The maximum atomic E-state index is 11.9. The van der Waals surface area contributed by atoms with Gasteiger partial charge in [-0.15, -0.1) is 0 Å². The molecule has 4 nitrogen and oxygen atoms in total. The molecule has 0 radical (unpaired) electrons. The number of benzene rings is 1. The molecular weight excluding hydrogens is 288 g/mol. The van der Waals surface area contributed by atoms with Gasteiger partial charge in [0.2, 0.25) is 0 Å². The number of likely N-dealkylation sites (tertiary alicyclic amines) is 1. The first-order chi connectivity index (χ1) is 11.2. The molecule has 1 fully saturated rings. The van der Waals surface area contributed by atoms with Crippen LogP contribution in [0, 0.1) is 0 Å². The number of aryl methyl sites for hydroxylation is 1. The Morgan fingerprint density at radius 1 is 1.35 bits per heavy atom. The number of amides is 1. The first-order valence-corrected chi connectivity index (χ1v) is 8.92. The van der Waals surface area contributed by atoms with Gasteiger partial charge in [-0.05, 0) is 50.8 Å². The fraction of sp³-hybridized carbons (Fsp3) is 0.632. The Hall–Kier alpha value is -1.55. The summed E-state index contributed by atoms with van der Waals surface area (Å²) < 4.78 is 5.63. The zero-order valence-corrected chi connectivity index (χ0v) is 14.5. The highest BCUT2D eigenvalue weighted by Gasteiger charge is 2.17. The number of nitrogens with zero attached hydrogens (tertiary/aromatic N) is 1. The third-order valence-corrected chi connectivity index (χ3v) is 4.60. The molecule has 1 aromatic carbocycles. The Balaban J connectivity index is 1.61. The highest BCUT2D eigenvalue weighted by Crippen LogP contribution is 2.18. The van der Waals surface area contributed by atoms with E-state index in [1.54, 1.807) is 0 Å². The molecule has 1 amide bonds. The molecule has 0 aromatic heterocycles. The Morgan fingerprint density at radius 3 is 2.96 bits per heavy atom. The minimum atomic E-state index is -0.0393. The van der Waals surface area contributed by atoms with Gasteiger partial charge in [0, 0.05) is 19.1 Å². The third kappa shape index (κ3) is 5.87. The maximum absolute atomic E-state index is 11.9. The van der Waals surface area contributed by atoms with Crippen LogP contribution >= 0.6 is 0 Å². The van der Waals surface area contributed by atoms with Gasteiger partial charge in [-0.3, -0.25) is 4.79 Å². The Morgan fingerprint density at radius 2 is 2.17 bits per heavy atom. The predicted molar refractivity (Wildman–Crippen MR) is 93.8 cm³/mol. The Kier molecular flexibility index (Phi) is 7.40. The van der Waals surface area contributed by atoms with Crippen molar-refractivity contribution in [1.82, 2.24) is 10.2 Å². The average molecular weight is 318 g/mol. The van der Waals surface area contributed by atoms with Gasteiger partial charge in [0.25, 0.3) is 5.91 Å². The van der Waals surface area contributed by atoms with Gasteiger partial charge in [0.05, 0.1) is 0 Å². The van der Waals surface area contributed by atoms with Crippen LogP contribution in [-0.2, 0) is 11.2 Å². The molecule has 0 bridgehead atoms. The summed E-state index contributed by atoms with van der Waals surface area (Å²) in [5.41, 5.74) is 1.14. The van der Waals surface area contributed by atoms with Gasteiger partial charge < -0.3 is 15.0 Å². The van der Waals surface area contributed by atoms with Crippen molar-refractivity contribution in [1.29, 1.82) is 0 Å². The number of hydrogen-bond acceptors (Lipinski definition) is 3. The second-order valence-corrected chi connectivity index (χ2v) is 6.33. The number of para-hydroxylation sites is 1. The molecule has 1 aliphatic rings. The number of ether oxygens (including phenoxy) is 1. The van der Waals surface area contributed by atoms with E-state index in [4.69, 9.17) is 4.74 Å². The molecule has 1 unspecified atom stereocenters.